The lowest BCUT2D eigenvalue weighted by atomic mass is 9.87. The summed E-state index contributed by atoms with van der Waals surface area (Å²) < 4.78 is 5.74. The Morgan fingerprint density at radius 2 is 1.59 bits per heavy atom. The van der Waals surface area contributed by atoms with Gasteiger partial charge in [0.2, 0.25) is 0 Å². The maximum absolute atomic E-state index is 11.2. The van der Waals surface area contributed by atoms with Gasteiger partial charge in [-0.2, -0.15) is 0 Å². The summed E-state index contributed by atoms with van der Waals surface area (Å²) in [7, 11) is 2.09. The molecule has 0 unspecified atom stereocenters. The molecule has 0 amide bonds. The normalized spacial score (nSPS) is 15.9. The first-order valence-corrected chi connectivity index (χ1v) is 12.5. The van der Waals surface area contributed by atoms with Crippen LogP contribution in [0.2, 0.25) is 0 Å². The average Bonchev–Trinajstić information content (AvgIpc) is 2.85. The maximum atomic E-state index is 11.2. The molecule has 0 saturated carbocycles. The predicted octanol–water partition coefficient (Wildman–Crippen LogP) is 5.99. The number of aliphatic hydroxyl groups is 1. The Labute approximate surface area is 204 Å². The van der Waals surface area contributed by atoms with Gasteiger partial charge in [-0.15, -0.1) is 0 Å². The number of hydrogen-bond acceptors (Lipinski definition) is 4. The fraction of sp³-hybridized carbons (Fsp3) is 0.400. The lowest BCUT2D eigenvalue weighted by Crippen LogP contribution is -2.45. The van der Waals surface area contributed by atoms with Gasteiger partial charge in [0.15, 0.2) is 0 Å². The van der Waals surface area contributed by atoms with E-state index >= 15 is 0 Å². The molecule has 0 atom stereocenters. The molecule has 4 nitrogen and oxygen atoms in total. The molecule has 0 aliphatic carbocycles. The van der Waals surface area contributed by atoms with Crippen LogP contribution < -0.4 is 9.64 Å². The molecule has 0 bridgehead atoms. The second-order valence-corrected chi connectivity index (χ2v) is 9.90. The van der Waals surface area contributed by atoms with Crippen molar-refractivity contribution in [3.63, 3.8) is 0 Å². The molecule has 34 heavy (non-hydrogen) atoms. The van der Waals surface area contributed by atoms with E-state index in [9.17, 15) is 5.11 Å². The van der Waals surface area contributed by atoms with Crippen molar-refractivity contribution in [3.8, 4) is 16.9 Å². The van der Waals surface area contributed by atoms with E-state index in [1.54, 1.807) is 0 Å². The number of hydrogen-bond donors (Lipinski definition) is 1. The summed E-state index contributed by atoms with van der Waals surface area (Å²) in [5, 5.41) is 11.2. The zero-order chi connectivity index (χ0) is 24.0. The molecule has 180 valence electrons. The van der Waals surface area contributed by atoms with Gasteiger partial charge in [0.05, 0.1) is 11.7 Å². The number of rotatable bonds is 9. The summed E-state index contributed by atoms with van der Waals surface area (Å²) in [4.78, 5) is 4.69. The minimum atomic E-state index is -0.586. The van der Waals surface area contributed by atoms with E-state index in [-0.39, 0.29) is 6.10 Å². The SMILES string of the molecule is CC(C)Oc1ccc(N(C)CCC2(O)CCN(Cc3cccc(-c4ccccc4)c3)CC2)cc1. The van der Waals surface area contributed by atoms with Crippen LogP contribution in [0.4, 0.5) is 5.69 Å². The van der Waals surface area contributed by atoms with E-state index in [0.29, 0.717) is 0 Å². The van der Waals surface area contributed by atoms with Crippen LogP contribution in [0.25, 0.3) is 11.1 Å². The first-order chi connectivity index (χ1) is 16.4. The lowest BCUT2D eigenvalue weighted by Gasteiger charge is -2.39. The number of likely N-dealkylation sites (tertiary alicyclic amines) is 1. The van der Waals surface area contributed by atoms with Gasteiger partial charge in [-0.25, -0.2) is 0 Å². The average molecular weight is 459 g/mol. The Kier molecular flexibility index (Phi) is 7.91. The maximum Gasteiger partial charge on any atom is 0.119 e. The Morgan fingerprint density at radius 1 is 0.912 bits per heavy atom. The van der Waals surface area contributed by atoms with Crippen molar-refractivity contribution in [1.82, 2.24) is 4.90 Å². The first kappa shape index (κ1) is 24.3. The Bertz CT molecular complexity index is 1030. The Hall–Kier alpha value is -2.82. The predicted molar refractivity (Wildman–Crippen MR) is 141 cm³/mol. The molecule has 0 radical (unpaired) electrons. The fourth-order valence-electron chi connectivity index (χ4n) is 4.67. The topological polar surface area (TPSA) is 35.9 Å². The molecule has 3 aromatic rings. The highest BCUT2D eigenvalue weighted by Gasteiger charge is 2.32. The van der Waals surface area contributed by atoms with Gasteiger partial charge in [-0.1, -0.05) is 48.5 Å². The number of benzene rings is 3. The first-order valence-electron chi connectivity index (χ1n) is 12.5. The summed E-state index contributed by atoms with van der Waals surface area (Å²) in [6.45, 7) is 7.69. The van der Waals surface area contributed by atoms with Crippen LogP contribution in [0, 0.1) is 0 Å². The molecular formula is C30H38N2O2. The van der Waals surface area contributed by atoms with E-state index in [2.05, 4.69) is 83.6 Å². The van der Waals surface area contributed by atoms with Crippen LogP contribution in [0.15, 0.2) is 78.9 Å². The summed E-state index contributed by atoms with van der Waals surface area (Å²) in [5.74, 6) is 0.896. The number of ether oxygens (including phenoxy) is 1. The second kappa shape index (κ2) is 11.1. The molecule has 1 saturated heterocycles. The van der Waals surface area contributed by atoms with Crippen molar-refractivity contribution in [2.45, 2.75) is 51.4 Å². The summed E-state index contributed by atoms with van der Waals surface area (Å²) in [6, 6.07) is 27.6. The number of anilines is 1. The van der Waals surface area contributed by atoms with Crippen LogP contribution in [-0.2, 0) is 6.54 Å². The Morgan fingerprint density at radius 3 is 2.26 bits per heavy atom. The number of nitrogens with zero attached hydrogens (tertiary/aromatic N) is 2. The highest BCUT2D eigenvalue weighted by atomic mass is 16.5. The van der Waals surface area contributed by atoms with Crippen LogP contribution in [0.5, 0.6) is 5.75 Å². The lowest BCUT2D eigenvalue weighted by molar-refractivity contribution is -0.0275. The highest BCUT2D eigenvalue weighted by Crippen LogP contribution is 2.29. The quantitative estimate of drug-likeness (QED) is 0.427. The van der Waals surface area contributed by atoms with Crippen molar-refractivity contribution in [1.29, 1.82) is 0 Å². The van der Waals surface area contributed by atoms with Crippen LogP contribution in [0.1, 0.15) is 38.7 Å². The summed E-state index contributed by atoms with van der Waals surface area (Å²) >= 11 is 0. The second-order valence-electron chi connectivity index (χ2n) is 9.90. The summed E-state index contributed by atoms with van der Waals surface area (Å²) in [5.41, 5.74) is 4.41. The summed E-state index contributed by atoms with van der Waals surface area (Å²) in [6.07, 6.45) is 2.60. The molecule has 1 fully saturated rings. The highest BCUT2D eigenvalue weighted by molar-refractivity contribution is 5.63. The molecule has 3 aromatic carbocycles. The molecule has 4 rings (SSSR count). The largest absolute Gasteiger partial charge is 0.491 e. The van der Waals surface area contributed by atoms with Crippen molar-refractivity contribution in [2.75, 3.05) is 31.6 Å². The fourth-order valence-corrected chi connectivity index (χ4v) is 4.67. The van der Waals surface area contributed by atoms with Gasteiger partial charge < -0.3 is 14.7 Å². The van der Waals surface area contributed by atoms with Gasteiger partial charge in [0.25, 0.3) is 0 Å². The van der Waals surface area contributed by atoms with Crippen molar-refractivity contribution in [2.24, 2.45) is 0 Å². The zero-order valence-corrected chi connectivity index (χ0v) is 20.8. The Balaban J connectivity index is 1.26. The molecular weight excluding hydrogens is 420 g/mol. The van der Waals surface area contributed by atoms with Crippen LogP contribution >= 0.6 is 0 Å². The minimum Gasteiger partial charge on any atom is -0.491 e. The van der Waals surface area contributed by atoms with Crippen molar-refractivity contribution in [3.05, 3.63) is 84.4 Å². The van der Waals surface area contributed by atoms with Crippen molar-refractivity contribution < 1.29 is 9.84 Å². The molecule has 1 aliphatic heterocycles. The zero-order valence-electron chi connectivity index (χ0n) is 20.8. The smallest absolute Gasteiger partial charge is 0.119 e. The standard InChI is InChI=1S/C30H38N2O2/c1-24(2)34-29-14-12-28(13-15-29)31(3)19-16-30(33)17-20-32(21-18-30)23-25-8-7-11-27(22-25)26-9-5-4-6-10-26/h4-15,22,24,33H,16-21,23H2,1-3H3. The third-order valence-electron chi connectivity index (χ3n) is 6.79. The van der Waals surface area contributed by atoms with Crippen molar-refractivity contribution >= 4 is 5.69 Å². The van der Waals surface area contributed by atoms with Gasteiger partial charge in [0.1, 0.15) is 5.75 Å². The van der Waals surface area contributed by atoms with Gasteiger partial charge in [-0.3, -0.25) is 4.90 Å². The minimum absolute atomic E-state index is 0.177. The molecule has 1 N–H and O–H groups in total. The molecule has 1 aliphatic rings. The van der Waals surface area contributed by atoms with Gasteiger partial charge >= 0.3 is 0 Å². The monoisotopic (exact) mass is 458 g/mol. The van der Waals surface area contributed by atoms with E-state index in [4.69, 9.17) is 4.74 Å². The van der Waals surface area contributed by atoms with Gasteiger partial charge in [0, 0.05) is 38.9 Å². The van der Waals surface area contributed by atoms with E-state index in [1.807, 2.05) is 26.0 Å². The third kappa shape index (κ3) is 6.62. The van der Waals surface area contributed by atoms with Gasteiger partial charge in [-0.05, 0) is 80.1 Å². The molecule has 1 heterocycles. The molecule has 0 aromatic heterocycles. The van der Waals surface area contributed by atoms with Crippen LogP contribution in [-0.4, -0.2) is 48.4 Å². The number of piperidine rings is 1. The third-order valence-corrected chi connectivity index (χ3v) is 6.79. The van der Waals surface area contributed by atoms with E-state index < -0.39 is 5.60 Å². The van der Waals surface area contributed by atoms with E-state index in [0.717, 1.165) is 56.9 Å². The van der Waals surface area contributed by atoms with E-state index in [1.165, 1.54) is 16.7 Å². The molecule has 0 spiro atoms. The van der Waals surface area contributed by atoms with Crippen LogP contribution in [0.3, 0.4) is 0 Å². The molecule has 4 heteroatoms.